The molecule has 0 bridgehead atoms. The maximum Gasteiger partial charge on any atom is 0.407 e. The summed E-state index contributed by atoms with van der Waals surface area (Å²) in [6.07, 6.45) is 2.24. The molecule has 1 aromatic heterocycles. The largest absolute Gasteiger partial charge is 0.465 e. The number of carboxylic acid groups (broad SMARTS) is 1. The molecule has 106 valence electrons. The van der Waals surface area contributed by atoms with Gasteiger partial charge in [0.25, 0.3) is 0 Å². The Kier molecular flexibility index (Phi) is 5.15. The first-order valence-corrected chi connectivity index (χ1v) is 6.39. The van der Waals surface area contributed by atoms with Crippen LogP contribution in [0.1, 0.15) is 50.6 Å². The van der Waals surface area contributed by atoms with Gasteiger partial charge in [0.15, 0.2) is 11.5 Å². The fourth-order valence-corrected chi connectivity index (χ4v) is 1.83. The number of unbranched alkanes of at least 4 members (excludes halogenated alkanes) is 1. The van der Waals surface area contributed by atoms with Gasteiger partial charge in [-0.1, -0.05) is 0 Å². The summed E-state index contributed by atoms with van der Waals surface area (Å²) in [7, 11) is 0. The van der Waals surface area contributed by atoms with Gasteiger partial charge in [0.1, 0.15) is 0 Å². The van der Waals surface area contributed by atoms with Gasteiger partial charge < -0.3 is 14.4 Å². The van der Waals surface area contributed by atoms with Gasteiger partial charge in [0.2, 0.25) is 0 Å². The van der Waals surface area contributed by atoms with E-state index >= 15 is 0 Å². The molecule has 1 amide bonds. The molecule has 0 saturated heterocycles. The highest BCUT2D eigenvalue weighted by Crippen LogP contribution is 2.15. The normalized spacial score (nSPS) is 11.3. The minimum absolute atomic E-state index is 0.0392. The second-order valence-electron chi connectivity index (χ2n) is 5.46. The number of furan rings is 1. The van der Waals surface area contributed by atoms with E-state index in [0.717, 1.165) is 0 Å². The van der Waals surface area contributed by atoms with Crippen LogP contribution in [0.15, 0.2) is 22.8 Å². The van der Waals surface area contributed by atoms with Crippen molar-refractivity contribution < 1.29 is 19.1 Å². The Labute approximate surface area is 113 Å². The van der Waals surface area contributed by atoms with Crippen LogP contribution in [-0.4, -0.2) is 34.0 Å². The molecule has 0 fully saturated rings. The maximum absolute atomic E-state index is 11.7. The van der Waals surface area contributed by atoms with Crippen LogP contribution in [0.3, 0.4) is 0 Å². The lowest BCUT2D eigenvalue weighted by Crippen LogP contribution is -2.45. The lowest BCUT2D eigenvalue weighted by atomic mass is 10.1. The van der Waals surface area contributed by atoms with Gasteiger partial charge >= 0.3 is 6.09 Å². The van der Waals surface area contributed by atoms with E-state index in [4.69, 9.17) is 9.52 Å². The van der Waals surface area contributed by atoms with Gasteiger partial charge in [-0.05, 0) is 45.7 Å². The SMILES string of the molecule is CC(C)(C)N(CCCCC(=O)c1ccco1)C(=O)O. The minimum atomic E-state index is -0.926. The van der Waals surface area contributed by atoms with E-state index < -0.39 is 11.6 Å². The summed E-state index contributed by atoms with van der Waals surface area (Å²) >= 11 is 0. The number of hydrogen-bond acceptors (Lipinski definition) is 3. The van der Waals surface area contributed by atoms with Crippen LogP contribution in [0.5, 0.6) is 0 Å². The zero-order valence-electron chi connectivity index (χ0n) is 11.7. The zero-order chi connectivity index (χ0) is 14.5. The van der Waals surface area contributed by atoms with Crippen molar-refractivity contribution in [3.63, 3.8) is 0 Å². The third-order valence-electron chi connectivity index (χ3n) is 2.87. The Hall–Kier alpha value is -1.78. The number of carbonyl (C=O) groups excluding carboxylic acids is 1. The summed E-state index contributed by atoms with van der Waals surface area (Å²) in [6, 6.07) is 3.32. The molecule has 1 aromatic rings. The first-order valence-electron chi connectivity index (χ1n) is 6.39. The molecule has 0 aliphatic rings. The van der Waals surface area contributed by atoms with Crippen LogP contribution >= 0.6 is 0 Å². The highest BCUT2D eigenvalue weighted by Gasteiger charge is 2.25. The molecule has 19 heavy (non-hydrogen) atoms. The van der Waals surface area contributed by atoms with Gasteiger partial charge in [-0.15, -0.1) is 0 Å². The molecule has 0 aliphatic heterocycles. The quantitative estimate of drug-likeness (QED) is 0.633. The van der Waals surface area contributed by atoms with Crippen molar-refractivity contribution in [1.82, 2.24) is 4.90 Å². The van der Waals surface area contributed by atoms with Crippen LogP contribution in [0.2, 0.25) is 0 Å². The maximum atomic E-state index is 11.7. The van der Waals surface area contributed by atoms with Crippen molar-refractivity contribution >= 4 is 11.9 Å². The highest BCUT2D eigenvalue weighted by atomic mass is 16.4. The average Bonchev–Trinajstić information content (AvgIpc) is 2.79. The molecule has 0 saturated carbocycles. The molecule has 1 N–H and O–H groups in total. The predicted molar refractivity (Wildman–Crippen MR) is 71.4 cm³/mol. The molecule has 0 spiro atoms. The van der Waals surface area contributed by atoms with E-state index in [0.29, 0.717) is 31.6 Å². The first kappa shape index (κ1) is 15.3. The molecule has 0 radical (unpaired) electrons. The third kappa shape index (κ3) is 4.77. The molecule has 1 heterocycles. The van der Waals surface area contributed by atoms with Crippen LogP contribution < -0.4 is 0 Å². The predicted octanol–water partition coefficient (Wildman–Crippen LogP) is 3.41. The second-order valence-corrected chi connectivity index (χ2v) is 5.46. The molecule has 0 aliphatic carbocycles. The van der Waals surface area contributed by atoms with Gasteiger partial charge in [0.05, 0.1) is 6.26 Å². The number of nitrogens with zero attached hydrogens (tertiary/aromatic N) is 1. The molecule has 5 heteroatoms. The molecule has 0 atom stereocenters. The molecule has 0 unspecified atom stereocenters. The number of Topliss-reactive ketones (excluding diaryl/α,β-unsaturated/α-hetero) is 1. The molecule has 1 rings (SSSR count). The summed E-state index contributed by atoms with van der Waals surface area (Å²) < 4.78 is 5.01. The van der Waals surface area contributed by atoms with E-state index in [-0.39, 0.29) is 5.78 Å². The lowest BCUT2D eigenvalue weighted by Gasteiger charge is -2.33. The molecular weight excluding hydrogens is 246 g/mol. The van der Waals surface area contributed by atoms with Crippen molar-refractivity contribution in [1.29, 1.82) is 0 Å². The summed E-state index contributed by atoms with van der Waals surface area (Å²) in [6.45, 7) is 6.00. The fraction of sp³-hybridized carbons (Fsp3) is 0.571. The smallest absolute Gasteiger partial charge is 0.407 e. The Morgan fingerprint density at radius 3 is 2.47 bits per heavy atom. The van der Waals surface area contributed by atoms with Gasteiger partial charge in [-0.3, -0.25) is 4.79 Å². The number of ketones is 1. The van der Waals surface area contributed by atoms with Crippen molar-refractivity contribution in [3.05, 3.63) is 24.2 Å². The van der Waals surface area contributed by atoms with Crippen molar-refractivity contribution in [2.45, 2.75) is 45.6 Å². The standard InChI is InChI=1S/C14H21NO4/c1-14(2,3)15(13(17)18)9-5-4-7-11(16)12-8-6-10-19-12/h6,8,10H,4-5,7,9H2,1-3H3,(H,17,18). The monoisotopic (exact) mass is 267 g/mol. The van der Waals surface area contributed by atoms with Crippen LogP contribution in [0.4, 0.5) is 4.79 Å². The van der Waals surface area contributed by atoms with E-state index in [1.165, 1.54) is 11.2 Å². The van der Waals surface area contributed by atoms with Gasteiger partial charge in [-0.25, -0.2) is 4.79 Å². The fourth-order valence-electron chi connectivity index (χ4n) is 1.83. The number of rotatable bonds is 6. The van der Waals surface area contributed by atoms with Crippen LogP contribution in [0, 0.1) is 0 Å². The molecule has 0 aromatic carbocycles. The Bertz CT molecular complexity index is 417. The summed E-state index contributed by atoms with van der Waals surface area (Å²) in [4.78, 5) is 24.2. The van der Waals surface area contributed by atoms with E-state index in [1.807, 2.05) is 20.8 Å². The summed E-state index contributed by atoms with van der Waals surface area (Å²) in [5.74, 6) is 0.327. The second kappa shape index (κ2) is 6.41. The lowest BCUT2D eigenvalue weighted by molar-refractivity contribution is 0.0935. The van der Waals surface area contributed by atoms with E-state index in [2.05, 4.69) is 0 Å². The van der Waals surface area contributed by atoms with E-state index in [1.54, 1.807) is 12.1 Å². The summed E-state index contributed by atoms with van der Waals surface area (Å²) in [5.41, 5.74) is -0.420. The third-order valence-corrected chi connectivity index (χ3v) is 2.87. The Morgan fingerprint density at radius 1 is 1.32 bits per heavy atom. The van der Waals surface area contributed by atoms with Crippen molar-refractivity contribution in [2.24, 2.45) is 0 Å². The summed E-state index contributed by atoms with van der Waals surface area (Å²) in [5, 5.41) is 9.11. The van der Waals surface area contributed by atoms with Crippen LogP contribution in [0.25, 0.3) is 0 Å². The molecule has 5 nitrogen and oxygen atoms in total. The average molecular weight is 267 g/mol. The molecular formula is C14H21NO4. The number of amides is 1. The topological polar surface area (TPSA) is 70.8 Å². The van der Waals surface area contributed by atoms with E-state index in [9.17, 15) is 9.59 Å². The number of carbonyl (C=O) groups is 2. The number of hydrogen-bond donors (Lipinski definition) is 1. The Morgan fingerprint density at radius 2 is 2.00 bits per heavy atom. The van der Waals surface area contributed by atoms with Gasteiger partial charge in [-0.2, -0.15) is 0 Å². The van der Waals surface area contributed by atoms with Crippen LogP contribution in [-0.2, 0) is 0 Å². The first-order chi connectivity index (χ1) is 8.82. The van der Waals surface area contributed by atoms with Gasteiger partial charge in [0, 0.05) is 18.5 Å². The zero-order valence-corrected chi connectivity index (χ0v) is 11.7. The Balaban J connectivity index is 2.34. The minimum Gasteiger partial charge on any atom is -0.465 e. The highest BCUT2D eigenvalue weighted by molar-refractivity contribution is 5.93. The van der Waals surface area contributed by atoms with Crippen molar-refractivity contribution in [2.75, 3.05) is 6.54 Å². The van der Waals surface area contributed by atoms with Crippen molar-refractivity contribution in [3.8, 4) is 0 Å².